The number of ether oxygens (including phenoxy) is 1. The smallest absolute Gasteiger partial charge is 0.274 e. The molecule has 0 aliphatic carbocycles. The molecule has 0 fully saturated rings. The number of nitrogens with zero attached hydrogens (tertiary/aromatic N) is 5. The molecule has 3 aromatic heterocycles. The zero-order valence-corrected chi connectivity index (χ0v) is 17.4. The van der Waals surface area contributed by atoms with Crippen LogP contribution in [0, 0.1) is 6.92 Å². The number of pyridine rings is 1. The first-order valence-corrected chi connectivity index (χ1v) is 10.5. The molecule has 0 saturated heterocycles. The van der Waals surface area contributed by atoms with E-state index in [4.69, 9.17) is 4.74 Å². The molecule has 0 N–H and O–H groups in total. The average molecular weight is 425 g/mol. The standard InChI is InChI=1S/C20H19N5O4S/c1-13-18(11-22-24(13)2)30(27,28)16-5-6-17-15(8-16)10-23-25(20(17)26)12-14-4-7-19(29-3)21-9-14/h4-11H,12H2,1-3H3. The van der Waals surface area contributed by atoms with E-state index in [-0.39, 0.29) is 21.9 Å². The van der Waals surface area contributed by atoms with Gasteiger partial charge in [0.2, 0.25) is 15.7 Å². The van der Waals surface area contributed by atoms with E-state index < -0.39 is 9.84 Å². The third-order valence-electron chi connectivity index (χ3n) is 4.95. The number of aryl methyl sites for hydroxylation is 1. The summed E-state index contributed by atoms with van der Waals surface area (Å²) in [5.74, 6) is 0.482. The second-order valence-electron chi connectivity index (χ2n) is 6.79. The molecular weight excluding hydrogens is 406 g/mol. The quantitative estimate of drug-likeness (QED) is 0.479. The monoisotopic (exact) mass is 425 g/mol. The normalized spacial score (nSPS) is 11.7. The number of sulfone groups is 1. The van der Waals surface area contributed by atoms with Crippen molar-refractivity contribution < 1.29 is 13.2 Å². The maximum absolute atomic E-state index is 13.0. The molecule has 0 amide bonds. The Morgan fingerprint density at radius 2 is 1.87 bits per heavy atom. The first kappa shape index (κ1) is 19.8. The molecule has 10 heteroatoms. The van der Waals surface area contributed by atoms with Gasteiger partial charge in [-0.15, -0.1) is 0 Å². The highest BCUT2D eigenvalue weighted by Gasteiger charge is 2.23. The molecule has 30 heavy (non-hydrogen) atoms. The maximum atomic E-state index is 13.0. The summed E-state index contributed by atoms with van der Waals surface area (Å²) in [6.45, 7) is 1.93. The Morgan fingerprint density at radius 3 is 2.50 bits per heavy atom. The molecule has 4 rings (SSSR count). The summed E-state index contributed by atoms with van der Waals surface area (Å²) in [7, 11) is -0.549. The lowest BCUT2D eigenvalue weighted by atomic mass is 10.2. The van der Waals surface area contributed by atoms with Crippen molar-refractivity contribution in [2.24, 2.45) is 7.05 Å². The van der Waals surface area contributed by atoms with E-state index in [1.807, 2.05) is 0 Å². The molecule has 0 saturated carbocycles. The van der Waals surface area contributed by atoms with Crippen LogP contribution in [-0.4, -0.2) is 40.1 Å². The molecule has 0 radical (unpaired) electrons. The van der Waals surface area contributed by atoms with Gasteiger partial charge in [0, 0.05) is 24.7 Å². The van der Waals surface area contributed by atoms with Crippen LogP contribution < -0.4 is 10.3 Å². The summed E-state index contributed by atoms with van der Waals surface area (Å²) < 4.78 is 33.8. The van der Waals surface area contributed by atoms with Crippen molar-refractivity contribution in [3.05, 3.63) is 70.5 Å². The average Bonchev–Trinajstić information content (AvgIpc) is 3.09. The van der Waals surface area contributed by atoms with Crippen LogP contribution in [0.3, 0.4) is 0 Å². The van der Waals surface area contributed by atoms with Gasteiger partial charge in [-0.25, -0.2) is 18.1 Å². The molecule has 0 spiro atoms. The molecule has 0 aliphatic heterocycles. The number of hydrogen-bond donors (Lipinski definition) is 0. The van der Waals surface area contributed by atoms with Crippen LogP contribution in [-0.2, 0) is 23.4 Å². The third-order valence-corrected chi connectivity index (χ3v) is 6.81. The SMILES string of the molecule is COc1ccc(Cn2ncc3cc(S(=O)(=O)c4cnn(C)c4C)ccc3c2=O)cn1. The summed E-state index contributed by atoms with van der Waals surface area (Å²) in [6, 6.07) is 7.92. The minimum atomic E-state index is -3.76. The van der Waals surface area contributed by atoms with Gasteiger partial charge >= 0.3 is 0 Å². The predicted molar refractivity (Wildman–Crippen MR) is 109 cm³/mol. The molecule has 154 valence electrons. The van der Waals surface area contributed by atoms with E-state index in [0.717, 1.165) is 5.56 Å². The van der Waals surface area contributed by atoms with E-state index in [2.05, 4.69) is 15.2 Å². The van der Waals surface area contributed by atoms with Gasteiger partial charge < -0.3 is 4.74 Å². The summed E-state index contributed by atoms with van der Waals surface area (Å²) in [6.07, 6.45) is 4.43. The fourth-order valence-electron chi connectivity index (χ4n) is 3.11. The van der Waals surface area contributed by atoms with Crippen molar-refractivity contribution in [2.45, 2.75) is 23.3 Å². The minimum Gasteiger partial charge on any atom is -0.481 e. The number of hydrogen-bond acceptors (Lipinski definition) is 7. The molecule has 0 bridgehead atoms. The van der Waals surface area contributed by atoms with Gasteiger partial charge in [0.25, 0.3) is 5.56 Å². The van der Waals surface area contributed by atoms with Gasteiger partial charge in [0.15, 0.2) is 0 Å². The Balaban J connectivity index is 1.72. The van der Waals surface area contributed by atoms with Gasteiger partial charge in [-0.3, -0.25) is 9.48 Å². The van der Waals surface area contributed by atoms with Crippen molar-refractivity contribution in [1.29, 1.82) is 0 Å². The third kappa shape index (κ3) is 3.35. The first-order valence-electron chi connectivity index (χ1n) is 9.04. The molecule has 9 nitrogen and oxygen atoms in total. The fraction of sp³-hybridized carbons (Fsp3) is 0.200. The van der Waals surface area contributed by atoms with Crippen LogP contribution in [0.25, 0.3) is 10.8 Å². The molecule has 0 unspecified atom stereocenters. The van der Waals surface area contributed by atoms with Crippen molar-refractivity contribution >= 4 is 20.6 Å². The van der Waals surface area contributed by atoms with E-state index in [0.29, 0.717) is 22.3 Å². The van der Waals surface area contributed by atoms with Crippen molar-refractivity contribution in [3.8, 4) is 5.88 Å². The molecule has 0 atom stereocenters. The Morgan fingerprint density at radius 1 is 1.07 bits per heavy atom. The number of benzene rings is 1. The zero-order valence-electron chi connectivity index (χ0n) is 16.6. The van der Waals surface area contributed by atoms with Crippen LogP contribution in [0.2, 0.25) is 0 Å². The maximum Gasteiger partial charge on any atom is 0.274 e. The van der Waals surface area contributed by atoms with Crippen molar-refractivity contribution in [3.63, 3.8) is 0 Å². The highest BCUT2D eigenvalue weighted by molar-refractivity contribution is 7.91. The lowest BCUT2D eigenvalue weighted by Gasteiger charge is -2.08. The first-order chi connectivity index (χ1) is 14.3. The summed E-state index contributed by atoms with van der Waals surface area (Å²) in [4.78, 5) is 17.2. The second kappa shape index (κ2) is 7.38. The lowest BCUT2D eigenvalue weighted by molar-refractivity contribution is 0.397. The minimum absolute atomic E-state index is 0.0874. The molecule has 0 aliphatic rings. The van der Waals surface area contributed by atoms with E-state index in [1.54, 1.807) is 32.3 Å². The van der Waals surface area contributed by atoms with Gasteiger partial charge in [-0.1, -0.05) is 6.07 Å². The van der Waals surface area contributed by atoms with Crippen molar-refractivity contribution in [2.75, 3.05) is 7.11 Å². The van der Waals surface area contributed by atoms with Crippen LogP contribution >= 0.6 is 0 Å². The van der Waals surface area contributed by atoms with Gasteiger partial charge in [0.1, 0.15) is 4.90 Å². The summed E-state index contributed by atoms with van der Waals surface area (Å²) in [5.41, 5.74) is 1.01. The van der Waals surface area contributed by atoms with Gasteiger partial charge in [-0.05, 0) is 30.7 Å². The fourth-order valence-corrected chi connectivity index (χ4v) is 4.60. The van der Waals surface area contributed by atoms with Crippen LogP contribution in [0.4, 0.5) is 0 Å². The Bertz CT molecular complexity index is 1410. The summed E-state index contributed by atoms with van der Waals surface area (Å²) in [5, 5.41) is 9.03. The van der Waals surface area contributed by atoms with Crippen LogP contribution in [0.1, 0.15) is 11.3 Å². The molecule has 3 heterocycles. The number of rotatable bonds is 5. The summed E-state index contributed by atoms with van der Waals surface area (Å²) >= 11 is 0. The number of methoxy groups -OCH3 is 1. The number of aromatic nitrogens is 5. The Labute approximate surface area is 172 Å². The second-order valence-corrected chi connectivity index (χ2v) is 8.70. The molecular formula is C20H19N5O4S. The largest absolute Gasteiger partial charge is 0.481 e. The van der Waals surface area contributed by atoms with Gasteiger partial charge in [0.05, 0.1) is 42.0 Å². The van der Waals surface area contributed by atoms with E-state index in [1.165, 1.54) is 47.1 Å². The van der Waals surface area contributed by atoms with Gasteiger partial charge in [-0.2, -0.15) is 10.2 Å². The van der Waals surface area contributed by atoms with Crippen LogP contribution in [0.15, 0.2) is 63.5 Å². The molecule has 1 aromatic carbocycles. The van der Waals surface area contributed by atoms with Crippen molar-refractivity contribution in [1.82, 2.24) is 24.5 Å². The van der Waals surface area contributed by atoms with Crippen LogP contribution in [0.5, 0.6) is 5.88 Å². The zero-order chi connectivity index (χ0) is 21.5. The van der Waals surface area contributed by atoms with E-state index >= 15 is 0 Å². The highest BCUT2D eigenvalue weighted by Crippen LogP contribution is 2.25. The lowest BCUT2D eigenvalue weighted by Crippen LogP contribution is -2.23. The predicted octanol–water partition coefficient (Wildman–Crippen LogP) is 1.72. The highest BCUT2D eigenvalue weighted by atomic mass is 32.2. The molecule has 4 aromatic rings. The Hall–Kier alpha value is -3.53. The topological polar surface area (TPSA) is 109 Å². The van der Waals surface area contributed by atoms with E-state index in [9.17, 15) is 13.2 Å². The Kier molecular flexibility index (Phi) is 4.86. The number of fused-ring (bicyclic) bond motifs is 1.